The van der Waals surface area contributed by atoms with E-state index in [2.05, 4.69) is 15.0 Å². The van der Waals surface area contributed by atoms with Gasteiger partial charge in [-0.2, -0.15) is 8.78 Å². The number of rotatable bonds is 7. The number of hydrogen-bond acceptors (Lipinski definition) is 5. The van der Waals surface area contributed by atoms with E-state index in [4.69, 9.17) is 0 Å². The van der Waals surface area contributed by atoms with Crippen LogP contribution in [0.15, 0.2) is 42.5 Å². The first-order valence-electron chi connectivity index (χ1n) is 9.74. The van der Waals surface area contributed by atoms with Crippen molar-refractivity contribution in [2.45, 2.75) is 38.8 Å². The number of benzene rings is 2. The van der Waals surface area contributed by atoms with E-state index in [1.807, 2.05) is 0 Å². The lowest BCUT2D eigenvalue weighted by Crippen LogP contribution is -2.33. The van der Waals surface area contributed by atoms with E-state index in [0.29, 0.717) is 11.3 Å². The zero-order valence-corrected chi connectivity index (χ0v) is 16.5. The molecule has 0 aromatic heterocycles. The van der Waals surface area contributed by atoms with Crippen LogP contribution in [-0.2, 0) is 0 Å². The molecular weight excluding hydrogens is 396 g/mol. The van der Waals surface area contributed by atoms with Crippen LogP contribution in [0, 0.1) is 10.1 Å². The van der Waals surface area contributed by atoms with Gasteiger partial charge in [-0.15, -0.1) is 0 Å². The lowest BCUT2D eigenvalue weighted by Gasteiger charge is -2.30. The maximum atomic E-state index is 13.0. The average molecular weight is 419 g/mol. The minimum absolute atomic E-state index is 0.00652. The number of hydrogen-bond donors (Lipinski definition) is 1. The summed E-state index contributed by atoms with van der Waals surface area (Å²) in [5, 5.41) is 14.0. The number of carbonyl (C=O) groups excluding carboxylic acids is 1. The number of amides is 1. The van der Waals surface area contributed by atoms with Crippen molar-refractivity contribution < 1.29 is 23.2 Å². The van der Waals surface area contributed by atoms with Crippen LogP contribution in [-0.4, -0.2) is 30.5 Å². The van der Waals surface area contributed by atoms with Gasteiger partial charge in [-0.05, 0) is 49.9 Å². The third-order valence-electron chi connectivity index (χ3n) is 5.06. The summed E-state index contributed by atoms with van der Waals surface area (Å²) in [6, 6.07) is 9.84. The number of carbonyl (C=O) groups is 1. The molecule has 3 rings (SSSR count). The number of ether oxygens (including phenoxy) is 1. The third-order valence-corrected chi connectivity index (χ3v) is 5.06. The highest BCUT2D eigenvalue weighted by Crippen LogP contribution is 2.29. The molecular formula is C21H23F2N3O4. The van der Waals surface area contributed by atoms with Crippen LogP contribution in [0.3, 0.4) is 0 Å². The van der Waals surface area contributed by atoms with Gasteiger partial charge in [-0.1, -0.05) is 12.1 Å². The smallest absolute Gasteiger partial charge is 0.387 e. The number of alkyl halides is 2. The standard InChI is InChI=1S/C21H23F2N3O4/c1-14(15-6-5-7-17(12-15)30-21(22)23)24-20(27)18-13-16(26(28)29)8-9-19(18)25-10-3-2-4-11-25/h5-9,12-14,21H,2-4,10-11H2,1H3,(H,24,27). The van der Waals surface area contributed by atoms with Crippen LogP contribution in [0.1, 0.15) is 48.1 Å². The van der Waals surface area contributed by atoms with Gasteiger partial charge < -0.3 is 15.0 Å². The molecule has 1 atom stereocenters. The highest BCUT2D eigenvalue weighted by atomic mass is 19.3. The number of nitro groups is 1. The summed E-state index contributed by atoms with van der Waals surface area (Å²) < 4.78 is 29.3. The summed E-state index contributed by atoms with van der Waals surface area (Å²) in [5.41, 5.74) is 1.28. The number of nitrogens with zero attached hydrogens (tertiary/aromatic N) is 2. The molecule has 1 N–H and O–H groups in total. The molecule has 1 amide bonds. The lowest BCUT2D eigenvalue weighted by molar-refractivity contribution is -0.384. The molecule has 7 nitrogen and oxygen atoms in total. The molecule has 1 unspecified atom stereocenters. The predicted octanol–water partition coefficient (Wildman–Crippen LogP) is 4.68. The maximum absolute atomic E-state index is 13.0. The molecule has 0 radical (unpaired) electrons. The van der Waals surface area contributed by atoms with Crippen LogP contribution in [0.2, 0.25) is 0 Å². The molecule has 0 spiro atoms. The Morgan fingerprint density at radius 2 is 1.90 bits per heavy atom. The van der Waals surface area contributed by atoms with Gasteiger partial charge in [-0.3, -0.25) is 14.9 Å². The highest BCUT2D eigenvalue weighted by molar-refractivity contribution is 6.00. The molecule has 1 saturated heterocycles. The van der Waals surface area contributed by atoms with Crippen LogP contribution in [0.5, 0.6) is 5.75 Å². The Labute approximate surface area is 172 Å². The van der Waals surface area contributed by atoms with Gasteiger partial charge in [-0.25, -0.2) is 0 Å². The van der Waals surface area contributed by atoms with Crippen LogP contribution >= 0.6 is 0 Å². The van der Waals surface area contributed by atoms with Crippen molar-refractivity contribution in [3.8, 4) is 5.75 Å². The van der Waals surface area contributed by atoms with Crippen molar-refractivity contribution in [3.63, 3.8) is 0 Å². The third kappa shape index (κ3) is 5.22. The molecule has 2 aromatic rings. The van der Waals surface area contributed by atoms with Crippen molar-refractivity contribution >= 4 is 17.3 Å². The Bertz CT molecular complexity index is 917. The highest BCUT2D eigenvalue weighted by Gasteiger charge is 2.23. The van der Waals surface area contributed by atoms with Crippen LogP contribution < -0.4 is 15.0 Å². The minimum atomic E-state index is -2.94. The number of anilines is 1. The van der Waals surface area contributed by atoms with E-state index < -0.39 is 23.5 Å². The number of piperidine rings is 1. The van der Waals surface area contributed by atoms with Crippen LogP contribution in [0.4, 0.5) is 20.2 Å². The molecule has 1 heterocycles. The van der Waals surface area contributed by atoms with Gasteiger partial charge in [0.1, 0.15) is 5.75 Å². The lowest BCUT2D eigenvalue weighted by atomic mass is 10.0. The summed E-state index contributed by atoms with van der Waals surface area (Å²) in [7, 11) is 0. The van der Waals surface area contributed by atoms with Crippen molar-refractivity contribution in [2.75, 3.05) is 18.0 Å². The Kier molecular flexibility index (Phi) is 6.81. The van der Waals surface area contributed by atoms with Gasteiger partial charge in [0.25, 0.3) is 11.6 Å². The first-order chi connectivity index (χ1) is 14.3. The zero-order valence-electron chi connectivity index (χ0n) is 16.5. The summed E-state index contributed by atoms with van der Waals surface area (Å²) in [6.45, 7) is 0.320. The molecule has 2 aromatic carbocycles. The summed E-state index contributed by atoms with van der Waals surface area (Å²) in [4.78, 5) is 25.8. The molecule has 1 aliphatic heterocycles. The van der Waals surface area contributed by atoms with Crippen molar-refractivity contribution in [2.24, 2.45) is 0 Å². The number of nitro benzene ring substituents is 1. The summed E-state index contributed by atoms with van der Waals surface area (Å²) >= 11 is 0. The number of non-ortho nitro benzene ring substituents is 1. The molecule has 9 heteroatoms. The largest absolute Gasteiger partial charge is 0.435 e. The first-order valence-corrected chi connectivity index (χ1v) is 9.74. The van der Waals surface area contributed by atoms with Gasteiger partial charge >= 0.3 is 6.61 Å². The summed E-state index contributed by atoms with van der Waals surface area (Å²) in [5.74, 6) is -0.472. The quantitative estimate of drug-likeness (QED) is 0.520. The summed E-state index contributed by atoms with van der Waals surface area (Å²) in [6.07, 6.45) is 3.09. The fourth-order valence-electron chi connectivity index (χ4n) is 3.55. The molecule has 0 bridgehead atoms. The van der Waals surface area contributed by atoms with Gasteiger partial charge in [0.15, 0.2) is 0 Å². The number of halogens is 2. The van der Waals surface area contributed by atoms with E-state index in [9.17, 15) is 23.7 Å². The SMILES string of the molecule is CC(NC(=O)c1cc([N+](=O)[O-])ccc1N1CCCCC1)c1cccc(OC(F)F)c1. The van der Waals surface area contributed by atoms with E-state index in [-0.39, 0.29) is 17.0 Å². The predicted molar refractivity (Wildman–Crippen MR) is 108 cm³/mol. The maximum Gasteiger partial charge on any atom is 0.387 e. The van der Waals surface area contributed by atoms with Gasteiger partial charge in [0.2, 0.25) is 0 Å². The van der Waals surface area contributed by atoms with E-state index in [0.717, 1.165) is 32.4 Å². The zero-order chi connectivity index (χ0) is 21.7. The average Bonchev–Trinajstić information content (AvgIpc) is 2.73. The topological polar surface area (TPSA) is 84.7 Å². The fourth-order valence-corrected chi connectivity index (χ4v) is 3.55. The van der Waals surface area contributed by atoms with E-state index >= 15 is 0 Å². The molecule has 1 aliphatic rings. The second-order valence-electron chi connectivity index (χ2n) is 7.15. The Balaban J connectivity index is 1.84. The molecule has 160 valence electrons. The second-order valence-corrected chi connectivity index (χ2v) is 7.15. The molecule has 30 heavy (non-hydrogen) atoms. The fraction of sp³-hybridized carbons (Fsp3) is 0.381. The van der Waals surface area contributed by atoms with Gasteiger partial charge in [0.05, 0.1) is 22.2 Å². The normalized spacial score (nSPS) is 15.0. The van der Waals surface area contributed by atoms with Gasteiger partial charge in [0, 0.05) is 25.2 Å². The van der Waals surface area contributed by atoms with Crippen molar-refractivity contribution in [1.82, 2.24) is 5.32 Å². The van der Waals surface area contributed by atoms with E-state index in [1.165, 1.54) is 24.3 Å². The second kappa shape index (κ2) is 9.51. The van der Waals surface area contributed by atoms with Crippen LogP contribution in [0.25, 0.3) is 0 Å². The molecule has 1 fully saturated rings. The molecule has 0 saturated carbocycles. The van der Waals surface area contributed by atoms with Crippen molar-refractivity contribution in [3.05, 3.63) is 63.7 Å². The van der Waals surface area contributed by atoms with E-state index in [1.54, 1.807) is 25.1 Å². The molecule has 0 aliphatic carbocycles. The minimum Gasteiger partial charge on any atom is -0.435 e. The van der Waals surface area contributed by atoms with Crippen molar-refractivity contribution in [1.29, 1.82) is 0 Å². The Morgan fingerprint density at radius 3 is 2.57 bits per heavy atom. The Morgan fingerprint density at radius 1 is 1.17 bits per heavy atom. The number of nitrogens with one attached hydrogen (secondary N) is 1. The monoisotopic (exact) mass is 419 g/mol. The Hall–Kier alpha value is -3.23. The first kappa shape index (κ1) is 21.5.